The maximum absolute atomic E-state index is 3.50. The maximum Gasteiger partial charge on any atom is 0.0113 e. The molecular formula is C16H31N3. The molecule has 1 N–H and O–H groups in total. The molecule has 1 spiro atoms. The van der Waals surface area contributed by atoms with Gasteiger partial charge in [0.2, 0.25) is 0 Å². The molecule has 3 nitrogen and oxygen atoms in total. The van der Waals surface area contributed by atoms with E-state index in [1.54, 1.807) is 0 Å². The maximum atomic E-state index is 3.50. The van der Waals surface area contributed by atoms with E-state index in [0.717, 1.165) is 17.4 Å². The van der Waals surface area contributed by atoms with Crippen LogP contribution in [-0.2, 0) is 0 Å². The van der Waals surface area contributed by atoms with Gasteiger partial charge < -0.3 is 10.2 Å². The van der Waals surface area contributed by atoms with E-state index in [1.807, 2.05) is 0 Å². The van der Waals surface area contributed by atoms with Crippen molar-refractivity contribution < 1.29 is 0 Å². The van der Waals surface area contributed by atoms with Gasteiger partial charge in [-0.1, -0.05) is 0 Å². The van der Waals surface area contributed by atoms with E-state index in [4.69, 9.17) is 0 Å². The molecule has 0 atom stereocenters. The molecule has 1 saturated carbocycles. The number of hydrogen-bond acceptors (Lipinski definition) is 3. The predicted molar refractivity (Wildman–Crippen MR) is 80.4 cm³/mol. The monoisotopic (exact) mass is 265 g/mol. The lowest BCUT2D eigenvalue weighted by Gasteiger charge is -2.52. The summed E-state index contributed by atoms with van der Waals surface area (Å²) in [5.41, 5.74) is 0.760. The molecule has 0 aromatic rings. The Bertz CT molecular complexity index is 280. The summed E-state index contributed by atoms with van der Waals surface area (Å²) < 4.78 is 0. The Labute approximate surface area is 118 Å². The van der Waals surface area contributed by atoms with Gasteiger partial charge in [0.25, 0.3) is 0 Å². The lowest BCUT2D eigenvalue weighted by molar-refractivity contribution is -0.00743. The highest BCUT2D eigenvalue weighted by atomic mass is 15.3. The Morgan fingerprint density at radius 1 is 1.05 bits per heavy atom. The summed E-state index contributed by atoms with van der Waals surface area (Å²) in [5.74, 6) is 1.00. The average Bonchev–Trinajstić information content (AvgIpc) is 2.39. The first kappa shape index (κ1) is 13.8. The number of nitrogens with zero attached hydrogens (tertiary/aromatic N) is 2. The smallest absolute Gasteiger partial charge is 0.0113 e. The minimum Gasteiger partial charge on any atom is -0.317 e. The van der Waals surface area contributed by atoms with E-state index in [0.29, 0.717) is 0 Å². The van der Waals surface area contributed by atoms with Gasteiger partial charge in [0.1, 0.15) is 0 Å². The van der Waals surface area contributed by atoms with E-state index in [2.05, 4.69) is 29.0 Å². The molecule has 0 unspecified atom stereocenters. The van der Waals surface area contributed by atoms with Gasteiger partial charge in [-0.15, -0.1) is 0 Å². The second-order valence-corrected chi connectivity index (χ2v) is 7.45. The minimum atomic E-state index is 0.726. The Hall–Kier alpha value is -0.120. The molecule has 2 aliphatic heterocycles. The zero-order valence-electron chi connectivity index (χ0n) is 12.8. The van der Waals surface area contributed by atoms with Crippen molar-refractivity contribution in [1.29, 1.82) is 0 Å². The first-order chi connectivity index (χ1) is 9.17. The number of hydrogen-bond donors (Lipinski definition) is 1. The third kappa shape index (κ3) is 3.14. The molecule has 0 radical (unpaired) electrons. The van der Waals surface area contributed by atoms with Crippen LogP contribution in [0.25, 0.3) is 0 Å². The summed E-state index contributed by atoms with van der Waals surface area (Å²) in [6, 6.07) is 0.726. The first-order valence-corrected chi connectivity index (χ1v) is 8.34. The molecule has 0 bridgehead atoms. The molecule has 3 rings (SSSR count). The fourth-order valence-corrected chi connectivity index (χ4v) is 4.49. The van der Waals surface area contributed by atoms with Crippen LogP contribution in [0.15, 0.2) is 0 Å². The van der Waals surface area contributed by atoms with E-state index in [1.165, 1.54) is 71.5 Å². The molecule has 3 fully saturated rings. The van der Waals surface area contributed by atoms with Crippen LogP contribution in [0.2, 0.25) is 0 Å². The molecule has 3 aliphatic rings. The second-order valence-electron chi connectivity index (χ2n) is 7.45. The summed E-state index contributed by atoms with van der Waals surface area (Å²) in [7, 11) is 0. The quantitative estimate of drug-likeness (QED) is 0.839. The molecule has 3 heteroatoms. The third-order valence-electron chi connectivity index (χ3n) is 5.76. The molecule has 0 aromatic carbocycles. The van der Waals surface area contributed by atoms with Gasteiger partial charge in [-0.25, -0.2) is 0 Å². The zero-order chi connectivity index (χ0) is 13.3. The molecule has 1 aliphatic carbocycles. The van der Waals surface area contributed by atoms with Crippen LogP contribution >= 0.6 is 0 Å². The molecule has 19 heavy (non-hydrogen) atoms. The van der Waals surface area contributed by atoms with Gasteiger partial charge in [0.05, 0.1) is 0 Å². The van der Waals surface area contributed by atoms with Gasteiger partial charge in [-0.05, 0) is 64.0 Å². The van der Waals surface area contributed by atoms with Crippen LogP contribution in [0, 0.1) is 11.3 Å². The summed E-state index contributed by atoms with van der Waals surface area (Å²) in [4.78, 5) is 5.34. The zero-order valence-corrected chi connectivity index (χ0v) is 12.8. The standard InChI is InChI=1S/C16H31N3/c1-14(2)19-9-7-18(8-10-19)13-15-11-16(12-15)3-5-17-6-4-16/h14-15,17H,3-13H2,1-2H3. The van der Waals surface area contributed by atoms with Crippen molar-refractivity contribution in [3.8, 4) is 0 Å². The molecule has 2 saturated heterocycles. The average molecular weight is 265 g/mol. The fraction of sp³-hybridized carbons (Fsp3) is 1.00. The van der Waals surface area contributed by atoms with E-state index < -0.39 is 0 Å². The van der Waals surface area contributed by atoms with Gasteiger partial charge in [0.15, 0.2) is 0 Å². The van der Waals surface area contributed by atoms with Gasteiger partial charge >= 0.3 is 0 Å². The van der Waals surface area contributed by atoms with Crippen molar-refractivity contribution in [3.05, 3.63) is 0 Å². The second kappa shape index (κ2) is 5.71. The van der Waals surface area contributed by atoms with Crippen molar-refractivity contribution in [2.45, 2.75) is 45.6 Å². The van der Waals surface area contributed by atoms with E-state index >= 15 is 0 Å². The molecular weight excluding hydrogens is 234 g/mol. The van der Waals surface area contributed by atoms with Crippen LogP contribution in [0.4, 0.5) is 0 Å². The molecule has 0 aromatic heterocycles. The lowest BCUT2D eigenvalue weighted by atomic mass is 9.57. The largest absolute Gasteiger partial charge is 0.317 e. The van der Waals surface area contributed by atoms with Gasteiger partial charge in [-0.3, -0.25) is 4.90 Å². The molecule has 0 amide bonds. The number of nitrogens with one attached hydrogen (secondary N) is 1. The van der Waals surface area contributed by atoms with Crippen LogP contribution in [0.5, 0.6) is 0 Å². The summed E-state index contributed by atoms with van der Waals surface area (Å²) in [6.45, 7) is 13.7. The van der Waals surface area contributed by atoms with Crippen molar-refractivity contribution in [2.75, 3.05) is 45.8 Å². The van der Waals surface area contributed by atoms with Crippen molar-refractivity contribution in [2.24, 2.45) is 11.3 Å². The SMILES string of the molecule is CC(C)N1CCN(CC2CC3(CCNCC3)C2)CC1. The highest BCUT2D eigenvalue weighted by Gasteiger charge is 2.44. The van der Waals surface area contributed by atoms with Crippen LogP contribution in [0.1, 0.15) is 39.5 Å². The van der Waals surface area contributed by atoms with E-state index in [-0.39, 0.29) is 0 Å². The Balaban J connectivity index is 1.38. The third-order valence-corrected chi connectivity index (χ3v) is 5.76. The van der Waals surface area contributed by atoms with Crippen LogP contribution in [0.3, 0.4) is 0 Å². The van der Waals surface area contributed by atoms with Crippen LogP contribution < -0.4 is 5.32 Å². The normalized spacial score (nSPS) is 29.8. The Morgan fingerprint density at radius 2 is 1.68 bits per heavy atom. The van der Waals surface area contributed by atoms with Gasteiger partial charge in [0, 0.05) is 38.8 Å². The Kier molecular flexibility index (Phi) is 4.16. The molecule has 2 heterocycles. The lowest BCUT2D eigenvalue weighted by Crippen LogP contribution is -2.53. The topological polar surface area (TPSA) is 18.5 Å². The summed E-state index contributed by atoms with van der Waals surface area (Å²) >= 11 is 0. The summed E-state index contributed by atoms with van der Waals surface area (Å²) in [5, 5.41) is 3.50. The minimum absolute atomic E-state index is 0.726. The first-order valence-electron chi connectivity index (χ1n) is 8.34. The number of piperazine rings is 1. The molecule has 110 valence electrons. The highest BCUT2D eigenvalue weighted by molar-refractivity contribution is 4.97. The van der Waals surface area contributed by atoms with Gasteiger partial charge in [-0.2, -0.15) is 0 Å². The number of piperidine rings is 1. The van der Waals surface area contributed by atoms with Crippen molar-refractivity contribution in [3.63, 3.8) is 0 Å². The van der Waals surface area contributed by atoms with Crippen molar-refractivity contribution >= 4 is 0 Å². The van der Waals surface area contributed by atoms with Crippen molar-refractivity contribution in [1.82, 2.24) is 15.1 Å². The predicted octanol–water partition coefficient (Wildman–Crippen LogP) is 1.79. The van der Waals surface area contributed by atoms with Crippen LogP contribution in [-0.4, -0.2) is 61.7 Å². The fourth-order valence-electron chi connectivity index (χ4n) is 4.49. The summed E-state index contributed by atoms with van der Waals surface area (Å²) in [6.07, 6.45) is 5.90. The number of rotatable bonds is 3. The van der Waals surface area contributed by atoms with E-state index in [9.17, 15) is 0 Å². The Morgan fingerprint density at radius 3 is 2.26 bits per heavy atom. The highest BCUT2D eigenvalue weighted by Crippen LogP contribution is 2.51.